The number of pyridine rings is 1. The summed E-state index contributed by atoms with van der Waals surface area (Å²) >= 11 is 0. The zero-order valence-corrected chi connectivity index (χ0v) is 23.0. The summed E-state index contributed by atoms with van der Waals surface area (Å²) in [6.45, 7) is 0. The standard InChI is InChI=1S/C41H27N/c1-2-13-29(14-3-1)38-22-11-23-39(42-38)30-24-26-31(27-25-30)40-34-17-6-8-19-36(34)41(37-20-9-7-18-35(37)40)33-21-10-15-28-12-4-5-16-32(28)33/h1-27H. The van der Waals surface area contributed by atoms with Gasteiger partial charge in [0.05, 0.1) is 11.4 Å². The second kappa shape index (κ2) is 10.1. The van der Waals surface area contributed by atoms with Crippen molar-refractivity contribution >= 4 is 32.3 Å². The molecule has 1 heterocycles. The van der Waals surface area contributed by atoms with Gasteiger partial charge in [-0.3, -0.25) is 0 Å². The third-order valence-electron chi connectivity index (χ3n) is 8.28. The molecule has 1 nitrogen and oxygen atoms in total. The maximum absolute atomic E-state index is 4.99. The lowest BCUT2D eigenvalue weighted by Crippen LogP contribution is -1.92. The summed E-state index contributed by atoms with van der Waals surface area (Å²) in [6, 6.07) is 58.5. The molecule has 0 radical (unpaired) electrons. The van der Waals surface area contributed by atoms with E-state index in [-0.39, 0.29) is 0 Å². The molecule has 0 N–H and O–H groups in total. The predicted molar refractivity (Wildman–Crippen MR) is 178 cm³/mol. The number of hydrogen-bond acceptors (Lipinski definition) is 1. The van der Waals surface area contributed by atoms with Crippen molar-refractivity contribution in [1.82, 2.24) is 4.98 Å². The summed E-state index contributed by atoms with van der Waals surface area (Å²) in [5, 5.41) is 7.59. The minimum absolute atomic E-state index is 0.976. The molecule has 8 aromatic rings. The number of benzene rings is 7. The van der Waals surface area contributed by atoms with Crippen LogP contribution >= 0.6 is 0 Å². The largest absolute Gasteiger partial charge is 0.248 e. The Bertz CT molecular complexity index is 2170. The van der Waals surface area contributed by atoms with Crippen LogP contribution in [-0.2, 0) is 0 Å². The Morgan fingerprint density at radius 1 is 0.286 bits per heavy atom. The van der Waals surface area contributed by atoms with Gasteiger partial charge in [-0.1, -0.05) is 152 Å². The third-order valence-corrected chi connectivity index (χ3v) is 8.28. The van der Waals surface area contributed by atoms with Gasteiger partial charge >= 0.3 is 0 Å². The minimum atomic E-state index is 0.976. The van der Waals surface area contributed by atoms with Crippen molar-refractivity contribution in [1.29, 1.82) is 0 Å². The molecule has 0 aliphatic rings. The van der Waals surface area contributed by atoms with Crippen LogP contribution < -0.4 is 0 Å². The number of fused-ring (bicyclic) bond motifs is 3. The highest BCUT2D eigenvalue weighted by atomic mass is 14.7. The van der Waals surface area contributed by atoms with Gasteiger partial charge in [0.1, 0.15) is 0 Å². The van der Waals surface area contributed by atoms with Gasteiger partial charge in [0, 0.05) is 11.1 Å². The van der Waals surface area contributed by atoms with E-state index in [0.717, 1.165) is 22.5 Å². The van der Waals surface area contributed by atoms with E-state index in [1.54, 1.807) is 0 Å². The molecule has 0 unspecified atom stereocenters. The first-order valence-corrected chi connectivity index (χ1v) is 14.4. The van der Waals surface area contributed by atoms with Crippen LogP contribution in [0.4, 0.5) is 0 Å². The van der Waals surface area contributed by atoms with E-state index in [2.05, 4.69) is 158 Å². The Kier molecular flexibility index (Phi) is 5.86. The summed E-state index contributed by atoms with van der Waals surface area (Å²) < 4.78 is 0. The summed E-state index contributed by atoms with van der Waals surface area (Å²) in [4.78, 5) is 4.99. The first kappa shape index (κ1) is 24.3. The fourth-order valence-electron chi connectivity index (χ4n) is 6.35. The van der Waals surface area contributed by atoms with Crippen molar-refractivity contribution in [2.75, 3.05) is 0 Å². The first-order chi connectivity index (χ1) is 20.8. The highest BCUT2D eigenvalue weighted by Gasteiger charge is 2.17. The van der Waals surface area contributed by atoms with Gasteiger partial charge in [-0.15, -0.1) is 0 Å². The third kappa shape index (κ3) is 4.06. The van der Waals surface area contributed by atoms with Crippen LogP contribution in [0.3, 0.4) is 0 Å². The maximum Gasteiger partial charge on any atom is 0.0709 e. The Balaban J connectivity index is 1.32. The average Bonchev–Trinajstić information content (AvgIpc) is 3.07. The van der Waals surface area contributed by atoms with E-state index < -0.39 is 0 Å². The normalized spacial score (nSPS) is 11.3. The van der Waals surface area contributed by atoms with E-state index in [4.69, 9.17) is 4.98 Å². The van der Waals surface area contributed by atoms with Gasteiger partial charge < -0.3 is 0 Å². The number of hydrogen-bond donors (Lipinski definition) is 0. The fraction of sp³-hybridized carbons (Fsp3) is 0. The van der Waals surface area contributed by atoms with Crippen molar-refractivity contribution in [3.05, 3.63) is 164 Å². The molecule has 0 atom stereocenters. The van der Waals surface area contributed by atoms with Gasteiger partial charge in [0.2, 0.25) is 0 Å². The van der Waals surface area contributed by atoms with E-state index in [1.165, 1.54) is 54.6 Å². The molecule has 196 valence electrons. The maximum atomic E-state index is 4.99. The Morgan fingerprint density at radius 2 is 0.738 bits per heavy atom. The van der Waals surface area contributed by atoms with E-state index >= 15 is 0 Å². The minimum Gasteiger partial charge on any atom is -0.248 e. The van der Waals surface area contributed by atoms with Crippen molar-refractivity contribution < 1.29 is 0 Å². The van der Waals surface area contributed by atoms with Crippen LogP contribution in [0, 0.1) is 0 Å². The quantitative estimate of drug-likeness (QED) is 0.205. The smallest absolute Gasteiger partial charge is 0.0709 e. The fourth-order valence-corrected chi connectivity index (χ4v) is 6.35. The van der Waals surface area contributed by atoms with Crippen LogP contribution in [0.25, 0.3) is 77.1 Å². The highest BCUT2D eigenvalue weighted by molar-refractivity contribution is 6.23. The van der Waals surface area contributed by atoms with Crippen LogP contribution in [0.1, 0.15) is 0 Å². The second-order valence-electron chi connectivity index (χ2n) is 10.7. The van der Waals surface area contributed by atoms with Crippen LogP contribution in [-0.4, -0.2) is 4.98 Å². The SMILES string of the molecule is c1ccc(-c2cccc(-c3ccc(-c4c5ccccc5c(-c5cccc6ccccc56)c5ccccc45)cc3)n2)cc1. The monoisotopic (exact) mass is 533 g/mol. The molecule has 1 heteroatoms. The first-order valence-electron chi connectivity index (χ1n) is 14.4. The molecule has 0 amide bonds. The number of aromatic nitrogens is 1. The van der Waals surface area contributed by atoms with Gasteiger partial charge in [-0.2, -0.15) is 0 Å². The average molecular weight is 534 g/mol. The van der Waals surface area contributed by atoms with Gasteiger partial charge in [0.25, 0.3) is 0 Å². The summed E-state index contributed by atoms with van der Waals surface area (Å²) in [7, 11) is 0. The number of nitrogens with zero attached hydrogens (tertiary/aromatic N) is 1. The van der Waals surface area contributed by atoms with Crippen LogP contribution in [0.2, 0.25) is 0 Å². The molecule has 0 fully saturated rings. The van der Waals surface area contributed by atoms with Crippen LogP contribution in [0.15, 0.2) is 164 Å². The molecule has 42 heavy (non-hydrogen) atoms. The predicted octanol–water partition coefficient (Wildman–Crippen LogP) is 11.2. The van der Waals surface area contributed by atoms with Crippen molar-refractivity contribution in [2.24, 2.45) is 0 Å². The van der Waals surface area contributed by atoms with Crippen molar-refractivity contribution in [3.8, 4) is 44.8 Å². The molecule has 0 saturated heterocycles. The van der Waals surface area contributed by atoms with Gasteiger partial charge in [0.15, 0.2) is 0 Å². The lowest BCUT2D eigenvalue weighted by Gasteiger charge is -2.19. The molecule has 0 aliphatic carbocycles. The molecule has 7 aromatic carbocycles. The Morgan fingerprint density at radius 3 is 1.38 bits per heavy atom. The summed E-state index contributed by atoms with van der Waals surface area (Å²) in [5.74, 6) is 0. The zero-order valence-electron chi connectivity index (χ0n) is 23.0. The molecular formula is C41H27N. The summed E-state index contributed by atoms with van der Waals surface area (Å²) in [5.41, 5.74) is 9.23. The molecule has 1 aromatic heterocycles. The van der Waals surface area contributed by atoms with Crippen molar-refractivity contribution in [3.63, 3.8) is 0 Å². The van der Waals surface area contributed by atoms with Crippen molar-refractivity contribution in [2.45, 2.75) is 0 Å². The van der Waals surface area contributed by atoms with Crippen LogP contribution in [0.5, 0.6) is 0 Å². The highest BCUT2D eigenvalue weighted by Crippen LogP contribution is 2.45. The Hall–Kier alpha value is -5.53. The molecular weight excluding hydrogens is 506 g/mol. The molecule has 0 bridgehead atoms. The Labute approximate surface area is 245 Å². The summed E-state index contributed by atoms with van der Waals surface area (Å²) in [6.07, 6.45) is 0. The topological polar surface area (TPSA) is 12.9 Å². The lowest BCUT2D eigenvalue weighted by atomic mass is 9.84. The molecule has 8 rings (SSSR count). The molecule has 0 aliphatic heterocycles. The van der Waals surface area contributed by atoms with Gasteiger partial charge in [-0.25, -0.2) is 4.98 Å². The molecule has 0 spiro atoms. The van der Waals surface area contributed by atoms with E-state index in [9.17, 15) is 0 Å². The number of rotatable bonds is 4. The van der Waals surface area contributed by atoms with E-state index in [1.807, 2.05) is 6.07 Å². The molecule has 0 saturated carbocycles. The van der Waals surface area contributed by atoms with E-state index in [0.29, 0.717) is 0 Å². The second-order valence-corrected chi connectivity index (χ2v) is 10.7. The lowest BCUT2D eigenvalue weighted by molar-refractivity contribution is 1.32. The zero-order chi connectivity index (χ0) is 27.9. The van der Waals surface area contributed by atoms with Gasteiger partial charge in [-0.05, 0) is 66.7 Å².